The SMILES string of the molecule is CCCCn1c(C)cc(=O)c2c1CC(=O)NC2=O. The topological polar surface area (TPSA) is 68.2 Å². The molecule has 2 rings (SSSR count). The van der Waals surface area contributed by atoms with Crippen molar-refractivity contribution in [2.24, 2.45) is 0 Å². The molecular formula is C13H16N2O3. The minimum Gasteiger partial charge on any atom is -0.347 e. The van der Waals surface area contributed by atoms with Gasteiger partial charge in [-0.05, 0) is 13.3 Å². The summed E-state index contributed by atoms with van der Waals surface area (Å²) in [4.78, 5) is 35.0. The van der Waals surface area contributed by atoms with Crippen LogP contribution in [0.1, 0.15) is 41.5 Å². The zero-order valence-electron chi connectivity index (χ0n) is 10.6. The van der Waals surface area contributed by atoms with Crippen LogP contribution in [0.5, 0.6) is 0 Å². The number of carbonyl (C=O) groups excluding carboxylic acids is 2. The fraction of sp³-hybridized carbons (Fsp3) is 0.462. The van der Waals surface area contributed by atoms with Crippen molar-refractivity contribution in [1.29, 1.82) is 0 Å². The summed E-state index contributed by atoms with van der Waals surface area (Å²) in [5, 5.41) is 2.19. The molecule has 0 spiro atoms. The Labute approximate surface area is 105 Å². The van der Waals surface area contributed by atoms with Crippen LogP contribution >= 0.6 is 0 Å². The van der Waals surface area contributed by atoms with Crippen LogP contribution in [0.25, 0.3) is 0 Å². The van der Waals surface area contributed by atoms with Crippen molar-refractivity contribution in [2.75, 3.05) is 0 Å². The quantitative estimate of drug-likeness (QED) is 0.803. The van der Waals surface area contributed by atoms with Gasteiger partial charge in [-0.15, -0.1) is 0 Å². The Morgan fingerprint density at radius 3 is 2.72 bits per heavy atom. The van der Waals surface area contributed by atoms with Crippen molar-refractivity contribution in [2.45, 2.75) is 39.7 Å². The van der Waals surface area contributed by atoms with Gasteiger partial charge in [-0.25, -0.2) is 0 Å². The Kier molecular flexibility index (Phi) is 3.32. The molecule has 0 fully saturated rings. The van der Waals surface area contributed by atoms with Gasteiger partial charge in [0.25, 0.3) is 5.91 Å². The number of rotatable bonds is 3. The molecular weight excluding hydrogens is 232 g/mol. The van der Waals surface area contributed by atoms with E-state index >= 15 is 0 Å². The van der Waals surface area contributed by atoms with Crippen LogP contribution in [0.2, 0.25) is 0 Å². The van der Waals surface area contributed by atoms with E-state index in [1.54, 1.807) is 0 Å². The predicted octanol–water partition coefficient (Wildman–Crippen LogP) is 0.769. The van der Waals surface area contributed by atoms with E-state index in [-0.39, 0.29) is 23.3 Å². The second kappa shape index (κ2) is 4.76. The van der Waals surface area contributed by atoms with Crippen molar-refractivity contribution in [1.82, 2.24) is 9.88 Å². The van der Waals surface area contributed by atoms with Gasteiger partial charge in [0.15, 0.2) is 5.43 Å². The summed E-state index contributed by atoms with van der Waals surface area (Å²) in [7, 11) is 0. The first kappa shape index (κ1) is 12.5. The van der Waals surface area contributed by atoms with Gasteiger partial charge in [0.05, 0.1) is 6.42 Å². The maximum atomic E-state index is 11.8. The van der Waals surface area contributed by atoms with Crippen molar-refractivity contribution >= 4 is 11.8 Å². The van der Waals surface area contributed by atoms with Gasteiger partial charge >= 0.3 is 0 Å². The molecule has 5 nitrogen and oxygen atoms in total. The van der Waals surface area contributed by atoms with E-state index in [9.17, 15) is 14.4 Å². The van der Waals surface area contributed by atoms with Crippen LogP contribution in [0.4, 0.5) is 0 Å². The largest absolute Gasteiger partial charge is 0.347 e. The molecule has 0 unspecified atom stereocenters. The van der Waals surface area contributed by atoms with Gasteiger partial charge in [0, 0.05) is 24.0 Å². The summed E-state index contributed by atoms with van der Waals surface area (Å²) in [5.41, 5.74) is 1.17. The molecule has 0 radical (unpaired) electrons. The summed E-state index contributed by atoms with van der Waals surface area (Å²) in [5.74, 6) is -0.917. The van der Waals surface area contributed by atoms with Gasteiger partial charge in [0.2, 0.25) is 5.91 Å². The Hall–Kier alpha value is -1.91. The van der Waals surface area contributed by atoms with Crippen molar-refractivity contribution < 1.29 is 9.59 Å². The zero-order valence-corrected chi connectivity index (χ0v) is 10.6. The lowest BCUT2D eigenvalue weighted by atomic mass is 10.0. The van der Waals surface area contributed by atoms with Crippen molar-refractivity contribution in [3.8, 4) is 0 Å². The Bertz CT molecular complexity index is 572. The molecule has 0 saturated carbocycles. The van der Waals surface area contributed by atoms with Crippen molar-refractivity contribution in [3.63, 3.8) is 0 Å². The van der Waals surface area contributed by atoms with Gasteiger partial charge in [0.1, 0.15) is 5.56 Å². The number of fused-ring (bicyclic) bond motifs is 1. The van der Waals surface area contributed by atoms with E-state index in [4.69, 9.17) is 0 Å². The Balaban J connectivity index is 2.60. The lowest BCUT2D eigenvalue weighted by Gasteiger charge is -2.22. The maximum Gasteiger partial charge on any atom is 0.263 e. The highest BCUT2D eigenvalue weighted by Crippen LogP contribution is 2.14. The van der Waals surface area contributed by atoms with Crippen LogP contribution in [0, 0.1) is 6.92 Å². The number of hydrogen-bond acceptors (Lipinski definition) is 3. The third-order valence-electron chi connectivity index (χ3n) is 3.17. The second-order valence-electron chi connectivity index (χ2n) is 4.53. The van der Waals surface area contributed by atoms with Crippen LogP contribution < -0.4 is 10.7 Å². The number of amides is 2. The van der Waals surface area contributed by atoms with Crippen molar-refractivity contribution in [3.05, 3.63) is 33.2 Å². The van der Waals surface area contributed by atoms with Crippen LogP contribution in [-0.2, 0) is 17.8 Å². The average Bonchev–Trinajstić information content (AvgIpc) is 2.27. The van der Waals surface area contributed by atoms with E-state index in [0.29, 0.717) is 5.69 Å². The number of imide groups is 1. The van der Waals surface area contributed by atoms with E-state index in [2.05, 4.69) is 12.2 Å². The third kappa shape index (κ3) is 2.08. The molecule has 1 aromatic rings. The number of aryl methyl sites for hydroxylation is 1. The van der Waals surface area contributed by atoms with Crippen LogP contribution in [0.15, 0.2) is 10.9 Å². The van der Waals surface area contributed by atoms with E-state index < -0.39 is 5.91 Å². The number of nitrogens with one attached hydrogen (secondary N) is 1. The van der Waals surface area contributed by atoms with Gasteiger partial charge in [-0.3, -0.25) is 19.7 Å². The fourth-order valence-corrected chi connectivity index (χ4v) is 2.27. The molecule has 0 aromatic carbocycles. The van der Waals surface area contributed by atoms with Crippen LogP contribution in [0.3, 0.4) is 0 Å². The Morgan fingerprint density at radius 2 is 2.06 bits per heavy atom. The molecule has 0 aliphatic carbocycles. The molecule has 96 valence electrons. The van der Waals surface area contributed by atoms with Crippen LogP contribution in [-0.4, -0.2) is 16.4 Å². The highest BCUT2D eigenvalue weighted by molar-refractivity contribution is 6.09. The van der Waals surface area contributed by atoms with E-state index in [1.807, 2.05) is 11.5 Å². The third-order valence-corrected chi connectivity index (χ3v) is 3.17. The summed E-state index contributed by atoms with van der Waals surface area (Å²) < 4.78 is 1.91. The second-order valence-corrected chi connectivity index (χ2v) is 4.53. The highest BCUT2D eigenvalue weighted by atomic mass is 16.2. The molecule has 2 amide bonds. The highest BCUT2D eigenvalue weighted by Gasteiger charge is 2.27. The number of nitrogens with zero attached hydrogens (tertiary/aromatic N) is 1. The first-order chi connectivity index (χ1) is 8.54. The van der Waals surface area contributed by atoms with Gasteiger partial charge in [-0.1, -0.05) is 13.3 Å². The summed E-state index contributed by atoms with van der Waals surface area (Å²) in [6.07, 6.45) is 2.06. The molecule has 1 N–H and O–H groups in total. The fourth-order valence-electron chi connectivity index (χ4n) is 2.27. The molecule has 18 heavy (non-hydrogen) atoms. The molecule has 2 heterocycles. The first-order valence-electron chi connectivity index (χ1n) is 6.12. The first-order valence-corrected chi connectivity index (χ1v) is 6.12. The maximum absolute atomic E-state index is 11.8. The molecule has 0 atom stereocenters. The lowest BCUT2D eigenvalue weighted by molar-refractivity contribution is -0.119. The number of hydrogen-bond donors (Lipinski definition) is 1. The van der Waals surface area contributed by atoms with Gasteiger partial charge in [-0.2, -0.15) is 0 Å². The molecule has 1 aromatic heterocycles. The lowest BCUT2D eigenvalue weighted by Crippen LogP contribution is -2.43. The number of carbonyl (C=O) groups is 2. The summed E-state index contributed by atoms with van der Waals surface area (Å²) in [6, 6.07) is 1.46. The summed E-state index contributed by atoms with van der Waals surface area (Å²) >= 11 is 0. The predicted molar refractivity (Wildman–Crippen MR) is 66.5 cm³/mol. The monoisotopic (exact) mass is 248 g/mol. The Morgan fingerprint density at radius 1 is 1.33 bits per heavy atom. The smallest absolute Gasteiger partial charge is 0.263 e. The molecule has 1 aliphatic heterocycles. The number of pyridine rings is 1. The van der Waals surface area contributed by atoms with E-state index in [0.717, 1.165) is 25.1 Å². The summed E-state index contributed by atoms with van der Waals surface area (Å²) in [6.45, 7) is 4.63. The molecule has 0 saturated heterocycles. The standard InChI is InChI=1S/C13H16N2O3/c1-3-4-5-15-8(2)6-10(16)12-9(15)7-11(17)14-13(12)18/h6H,3-5,7H2,1-2H3,(H,14,17,18). The normalized spacial score (nSPS) is 14.3. The molecule has 0 bridgehead atoms. The number of unbranched alkanes of at least 4 members (excludes halogenated alkanes) is 1. The van der Waals surface area contributed by atoms with Gasteiger partial charge < -0.3 is 4.57 Å². The minimum absolute atomic E-state index is 0.0989. The molecule has 1 aliphatic rings. The molecule has 5 heteroatoms. The average molecular weight is 248 g/mol. The minimum atomic E-state index is -0.573. The number of aromatic nitrogens is 1. The van der Waals surface area contributed by atoms with E-state index in [1.165, 1.54) is 6.07 Å². The zero-order chi connectivity index (χ0) is 13.3.